The number of aryl methyl sites for hydroxylation is 2. The molecule has 1 atom stereocenters. The number of piperidine rings is 1. The second kappa shape index (κ2) is 6.82. The lowest BCUT2D eigenvalue weighted by Crippen LogP contribution is -2.51. The van der Waals surface area contributed by atoms with Gasteiger partial charge in [-0.25, -0.2) is 0 Å². The Labute approximate surface area is 134 Å². The molecule has 5 nitrogen and oxygen atoms in total. The fourth-order valence-electron chi connectivity index (χ4n) is 3.02. The van der Waals surface area contributed by atoms with Crippen molar-refractivity contribution in [2.24, 2.45) is 0 Å². The molecular formula is C17H30N4O. The first-order chi connectivity index (χ1) is 10.3. The van der Waals surface area contributed by atoms with Crippen LogP contribution in [0.3, 0.4) is 0 Å². The molecule has 5 heteroatoms. The second-order valence-electron chi connectivity index (χ2n) is 7.45. The van der Waals surface area contributed by atoms with Crippen LogP contribution in [-0.4, -0.2) is 45.3 Å². The van der Waals surface area contributed by atoms with Crippen LogP contribution in [0.15, 0.2) is 6.07 Å². The summed E-state index contributed by atoms with van der Waals surface area (Å²) >= 11 is 0. The van der Waals surface area contributed by atoms with E-state index in [0.717, 1.165) is 31.6 Å². The van der Waals surface area contributed by atoms with Crippen LogP contribution in [0.5, 0.6) is 0 Å². The molecule has 1 aliphatic rings. The molecule has 0 aliphatic carbocycles. The van der Waals surface area contributed by atoms with E-state index in [1.54, 1.807) is 0 Å². The molecule has 2 rings (SSSR count). The number of hydrogen-bond acceptors (Lipinski definition) is 3. The van der Waals surface area contributed by atoms with Gasteiger partial charge in [0.1, 0.15) is 0 Å². The topological polar surface area (TPSA) is 50.2 Å². The van der Waals surface area contributed by atoms with E-state index < -0.39 is 0 Å². The summed E-state index contributed by atoms with van der Waals surface area (Å²) in [4.78, 5) is 14.6. The zero-order valence-electron chi connectivity index (χ0n) is 14.6. The maximum atomic E-state index is 12.6. The third-order valence-electron chi connectivity index (χ3n) is 4.20. The van der Waals surface area contributed by atoms with Crippen LogP contribution >= 0.6 is 0 Å². The molecule has 1 saturated heterocycles. The van der Waals surface area contributed by atoms with Crippen molar-refractivity contribution < 1.29 is 4.79 Å². The lowest BCUT2D eigenvalue weighted by atomic mass is 10.0. The Bertz CT molecular complexity index is 515. The molecule has 1 aromatic rings. The minimum atomic E-state index is -0.0311. The Kier molecular flexibility index (Phi) is 5.27. The van der Waals surface area contributed by atoms with E-state index in [1.807, 2.05) is 11.6 Å². The Morgan fingerprint density at radius 2 is 2.09 bits per heavy atom. The lowest BCUT2D eigenvalue weighted by molar-refractivity contribution is -0.134. The van der Waals surface area contributed by atoms with Crippen molar-refractivity contribution >= 4 is 5.91 Å². The van der Waals surface area contributed by atoms with Gasteiger partial charge in [0.2, 0.25) is 5.91 Å². The van der Waals surface area contributed by atoms with Crippen molar-refractivity contribution in [1.82, 2.24) is 20.0 Å². The Balaban J connectivity index is 2.01. The number of aromatic nitrogens is 2. The first kappa shape index (κ1) is 17.0. The number of hydrogen-bond donors (Lipinski definition) is 1. The molecular weight excluding hydrogens is 276 g/mol. The van der Waals surface area contributed by atoms with Gasteiger partial charge < -0.3 is 10.2 Å². The predicted molar refractivity (Wildman–Crippen MR) is 88.8 cm³/mol. The minimum Gasteiger partial charge on any atom is -0.337 e. The number of amides is 1. The molecule has 0 saturated carbocycles. The maximum Gasteiger partial charge on any atom is 0.236 e. The highest BCUT2D eigenvalue weighted by Crippen LogP contribution is 2.19. The molecule has 22 heavy (non-hydrogen) atoms. The van der Waals surface area contributed by atoms with Gasteiger partial charge in [0.15, 0.2) is 0 Å². The van der Waals surface area contributed by atoms with Crippen LogP contribution in [0, 0.1) is 13.8 Å². The van der Waals surface area contributed by atoms with Gasteiger partial charge in [-0.1, -0.05) is 0 Å². The van der Waals surface area contributed by atoms with E-state index in [9.17, 15) is 4.79 Å². The molecule has 1 N–H and O–H groups in total. The van der Waals surface area contributed by atoms with E-state index in [0.29, 0.717) is 6.54 Å². The summed E-state index contributed by atoms with van der Waals surface area (Å²) in [6.45, 7) is 12.4. The van der Waals surface area contributed by atoms with Gasteiger partial charge in [0, 0.05) is 17.8 Å². The highest BCUT2D eigenvalue weighted by molar-refractivity contribution is 5.78. The molecule has 1 aromatic heterocycles. The number of likely N-dealkylation sites (tertiary alicyclic amines) is 1. The Morgan fingerprint density at radius 3 is 2.68 bits per heavy atom. The molecule has 1 fully saturated rings. The summed E-state index contributed by atoms with van der Waals surface area (Å²) in [5.74, 6) is 0.209. The van der Waals surface area contributed by atoms with Crippen LogP contribution in [0.25, 0.3) is 0 Å². The summed E-state index contributed by atoms with van der Waals surface area (Å²) in [6, 6.07) is 2.36. The summed E-state index contributed by atoms with van der Waals surface area (Å²) in [7, 11) is 0. The van der Waals surface area contributed by atoms with E-state index in [4.69, 9.17) is 0 Å². The highest BCUT2D eigenvalue weighted by Gasteiger charge is 2.28. The van der Waals surface area contributed by atoms with E-state index in [1.165, 1.54) is 12.1 Å². The van der Waals surface area contributed by atoms with Crippen molar-refractivity contribution in [3.8, 4) is 0 Å². The SMILES string of the molecule is Cc1cc(C)n(C[C@@H]2CCCCN2C(=O)CNC(C)(C)C)n1. The minimum absolute atomic E-state index is 0.0311. The molecule has 2 heterocycles. The summed E-state index contributed by atoms with van der Waals surface area (Å²) in [5.41, 5.74) is 2.18. The number of nitrogens with zero attached hydrogens (tertiary/aromatic N) is 3. The lowest BCUT2D eigenvalue weighted by Gasteiger charge is -2.36. The van der Waals surface area contributed by atoms with Crippen molar-refractivity contribution in [3.63, 3.8) is 0 Å². The molecule has 0 unspecified atom stereocenters. The van der Waals surface area contributed by atoms with Crippen LogP contribution in [0.1, 0.15) is 51.4 Å². The standard InChI is InChI=1S/C17H30N4O/c1-13-10-14(2)21(19-13)12-15-8-6-7-9-20(15)16(22)11-18-17(3,4)5/h10,15,18H,6-9,11-12H2,1-5H3/t15-/m0/s1. The maximum absolute atomic E-state index is 12.6. The third-order valence-corrected chi connectivity index (χ3v) is 4.20. The quantitative estimate of drug-likeness (QED) is 0.928. The van der Waals surface area contributed by atoms with Gasteiger partial charge in [0.05, 0.1) is 24.8 Å². The van der Waals surface area contributed by atoms with Gasteiger partial charge in [0.25, 0.3) is 0 Å². The average Bonchev–Trinajstić information content (AvgIpc) is 2.74. The molecule has 0 spiro atoms. The molecule has 1 amide bonds. The highest BCUT2D eigenvalue weighted by atomic mass is 16.2. The summed E-state index contributed by atoms with van der Waals surface area (Å²) < 4.78 is 2.04. The van der Waals surface area contributed by atoms with Crippen LogP contribution in [-0.2, 0) is 11.3 Å². The van der Waals surface area contributed by atoms with Crippen LogP contribution < -0.4 is 5.32 Å². The van der Waals surface area contributed by atoms with Crippen molar-refractivity contribution in [2.45, 2.75) is 72.0 Å². The van der Waals surface area contributed by atoms with Crippen molar-refractivity contribution in [1.29, 1.82) is 0 Å². The largest absolute Gasteiger partial charge is 0.337 e. The first-order valence-electron chi connectivity index (χ1n) is 8.32. The van der Waals surface area contributed by atoms with Gasteiger partial charge in [-0.3, -0.25) is 9.48 Å². The first-order valence-corrected chi connectivity index (χ1v) is 8.32. The van der Waals surface area contributed by atoms with Gasteiger partial charge in [-0.2, -0.15) is 5.10 Å². The molecule has 0 bridgehead atoms. The number of carbonyl (C=O) groups excluding carboxylic acids is 1. The Hall–Kier alpha value is -1.36. The summed E-state index contributed by atoms with van der Waals surface area (Å²) in [5, 5.41) is 7.85. The molecule has 1 aliphatic heterocycles. The predicted octanol–water partition coefficient (Wildman–Crippen LogP) is 2.27. The van der Waals surface area contributed by atoms with Crippen molar-refractivity contribution in [2.75, 3.05) is 13.1 Å². The third kappa shape index (κ3) is 4.57. The normalized spacial score (nSPS) is 19.5. The fourth-order valence-corrected chi connectivity index (χ4v) is 3.02. The Morgan fingerprint density at radius 1 is 1.36 bits per heavy atom. The number of nitrogens with one attached hydrogen (secondary N) is 1. The second-order valence-corrected chi connectivity index (χ2v) is 7.45. The van der Waals surface area contributed by atoms with Gasteiger partial charge >= 0.3 is 0 Å². The average molecular weight is 306 g/mol. The number of carbonyl (C=O) groups is 1. The van der Waals surface area contributed by atoms with Crippen LogP contribution in [0.2, 0.25) is 0 Å². The molecule has 0 radical (unpaired) electrons. The fraction of sp³-hybridized carbons (Fsp3) is 0.765. The molecule has 124 valence electrons. The van der Waals surface area contributed by atoms with Gasteiger partial charge in [-0.15, -0.1) is 0 Å². The zero-order chi connectivity index (χ0) is 16.3. The van der Waals surface area contributed by atoms with E-state index in [-0.39, 0.29) is 17.5 Å². The summed E-state index contributed by atoms with van der Waals surface area (Å²) in [6.07, 6.45) is 3.37. The van der Waals surface area contributed by atoms with E-state index >= 15 is 0 Å². The monoisotopic (exact) mass is 306 g/mol. The van der Waals surface area contributed by atoms with Gasteiger partial charge in [-0.05, 0) is 59.9 Å². The smallest absolute Gasteiger partial charge is 0.236 e. The van der Waals surface area contributed by atoms with Crippen molar-refractivity contribution in [3.05, 3.63) is 17.5 Å². The van der Waals surface area contributed by atoms with E-state index in [2.05, 4.69) is 49.1 Å². The van der Waals surface area contributed by atoms with Crippen LogP contribution in [0.4, 0.5) is 0 Å². The zero-order valence-corrected chi connectivity index (χ0v) is 14.6. The number of rotatable bonds is 4. The molecule has 0 aromatic carbocycles.